The quantitative estimate of drug-likeness (QED) is 0.252. The molecule has 0 saturated carbocycles. The van der Waals surface area contributed by atoms with E-state index in [0.717, 1.165) is 18.5 Å². The van der Waals surface area contributed by atoms with Crippen LogP contribution in [-0.2, 0) is 0 Å². The third kappa shape index (κ3) is 5.25. The van der Waals surface area contributed by atoms with Gasteiger partial charge in [-0.15, -0.1) is 0 Å². The fourth-order valence-electron chi connectivity index (χ4n) is 2.38. The number of pyridine rings is 1. The summed E-state index contributed by atoms with van der Waals surface area (Å²) in [6.07, 6.45) is 5.95. The molecule has 0 aromatic carbocycles. The molecule has 1 rings (SSSR count). The standard InChI is InChI=1S/C16H27N3O2/c1-5-6-7-8-9-12(3)21-14-10-11(2)18-13(4)15(14)16(17)19-20/h10,12,20H,5-9H2,1-4H3,(H2,17,19). The topological polar surface area (TPSA) is 80.7 Å². The Kier molecular flexibility index (Phi) is 6.99. The molecule has 1 unspecified atom stereocenters. The second-order valence-corrected chi connectivity index (χ2v) is 5.49. The van der Waals surface area contributed by atoms with E-state index in [1.54, 1.807) is 0 Å². The second-order valence-electron chi connectivity index (χ2n) is 5.49. The predicted octanol–water partition coefficient (Wildman–Crippen LogP) is 3.53. The highest BCUT2D eigenvalue weighted by molar-refractivity contribution is 6.00. The molecule has 118 valence electrons. The number of hydrogen-bond acceptors (Lipinski definition) is 4. The van der Waals surface area contributed by atoms with Crippen molar-refractivity contribution in [1.29, 1.82) is 0 Å². The van der Waals surface area contributed by atoms with E-state index in [1.807, 2.05) is 26.8 Å². The molecule has 0 radical (unpaired) electrons. The summed E-state index contributed by atoms with van der Waals surface area (Å²) in [6, 6.07) is 1.84. The molecule has 0 saturated heterocycles. The Labute approximate surface area is 127 Å². The molecule has 1 aromatic heterocycles. The number of hydrogen-bond donors (Lipinski definition) is 2. The number of oxime groups is 1. The monoisotopic (exact) mass is 293 g/mol. The highest BCUT2D eigenvalue weighted by Crippen LogP contribution is 2.24. The summed E-state index contributed by atoms with van der Waals surface area (Å²) in [4.78, 5) is 4.35. The van der Waals surface area contributed by atoms with Gasteiger partial charge in [-0.2, -0.15) is 0 Å². The third-order valence-electron chi connectivity index (χ3n) is 3.45. The zero-order chi connectivity index (χ0) is 15.8. The molecule has 3 N–H and O–H groups in total. The number of nitrogens with two attached hydrogens (primary N) is 1. The van der Waals surface area contributed by atoms with Gasteiger partial charge in [0.1, 0.15) is 5.75 Å². The first-order chi connectivity index (χ1) is 9.99. The van der Waals surface area contributed by atoms with Gasteiger partial charge in [0.25, 0.3) is 0 Å². The van der Waals surface area contributed by atoms with Gasteiger partial charge in [-0.05, 0) is 33.6 Å². The molecule has 5 nitrogen and oxygen atoms in total. The Morgan fingerprint density at radius 1 is 1.38 bits per heavy atom. The van der Waals surface area contributed by atoms with Crippen molar-refractivity contribution in [3.63, 3.8) is 0 Å². The largest absolute Gasteiger partial charge is 0.490 e. The Morgan fingerprint density at radius 3 is 2.71 bits per heavy atom. The SMILES string of the molecule is CCCCCCC(C)Oc1cc(C)nc(C)c1/C(N)=N/O. The van der Waals surface area contributed by atoms with E-state index in [1.165, 1.54) is 19.3 Å². The molecule has 0 aliphatic heterocycles. The Hall–Kier alpha value is -1.78. The maximum absolute atomic E-state index is 8.92. The smallest absolute Gasteiger partial charge is 0.175 e. The summed E-state index contributed by atoms with van der Waals surface area (Å²) in [5, 5.41) is 12.0. The highest BCUT2D eigenvalue weighted by atomic mass is 16.5. The maximum Gasteiger partial charge on any atom is 0.175 e. The summed E-state index contributed by atoms with van der Waals surface area (Å²) < 4.78 is 6.00. The molecule has 1 aromatic rings. The van der Waals surface area contributed by atoms with Gasteiger partial charge in [0.15, 0.2) is 5.84 Å². The summed E-state index contributed by atoms with van der Waals surface area (Å²) >= 11 is 0. The lowest BCUT2D eigenvalue weighted by Crippen LogP contribution is -2.20. The second kappa shape index (κ2) is 8.49. The number of rotatable bonds is 8. The van der Waals surface area contributed by atoms with Gasteiger partial charge in [-0.25, -0.2) is 0 Å². The first kappa shape index (κ1) is 17.3. The van der Waals surface area contributed by atoms with Crippen LogP contribution in [0, 0.1) is 13.8 Å². The van der Waals surface area contributed by atoms with Crippen molar-refractivity contribution >= 4 is 5.84 Å². The Bertz CT molecular complexity index is 487. The molecule has 0 fully saturated rings. The predicted molar refractivity (Wildman–Crippen MR) is 85.1 cm³/mol. The van der Waals surface area contributed by atoms with Crippen molar-refractivity contribution in [2.24, 2.45) is 10.9 Å². The van der Waals surface area contributed by atoms with Crippen LogP contribution in [0.1, 0.15) is 62.9 Å². The fourth-order valence-corrected chi connectivity index (χ4v) is 2.38. The normalized spacial score (nSPS) is 13.2. The van der Waals surface area contributed by atoms with Crippen LogP contribution in [0.5, 0.6) is 5.75 Å². The van der Waals surface area contributed by atoms with Crippen molar-refractivity contribution in [2.75, 3.05) is 0 Å². The third-order valence-corrected chi connectivity index (χ3v) is 3.45. The number of aromatic nitrogens is 1. The van der Waals surface area contributed by atoms with E-state index in [2.05, 4.69) is 17.1 Å². The maximum atomic E-state index is 8.92. The van der Waals surface area contributed by atoms with Crippen LogP contribution >= 0.6 is 0 Å². The minimum absolute atomic E-state index is 0.0354. The molecule has 0 spiro atoms. The fraction of sp³-hybridized carbons (Fsp3) is 0.625. The van der Waals surface area contributed by atoms with E-state index in [4.69, 9.17) is 15.7 Å². The molecule has 0 aliphatic rings. The minimum Gasteiger partial charge on any atom is -0.490 e. The van der Waals surface area contributed by atoms with E-state index in [-0.39, 0.29) is 11.9 Å². The summed E-state index contributed by atoms with van der Waals surface area (Å²) in [6.45, 7) is 7.99. The van der Waals surface area contributed by atoms with Gasteiger partial charge in [-0.3, -0.25) is 4.98 Å². The average molecular weight is 293 g/mol. The number of amidine groups is 1. The minimum atomic E-state index is 0.0354. The molecule has 1 heterocycles. The van der Waals surface area contributed by atoms with Gasteiger partial charge < -0.3 is 15.7 Å². The zero-order valence-electron chi connectivity index (χ0n) is 13.5. The van der Waals surface area contributed by atoms with E-state index in [9.17, 15) is 0 Å². The summed E-state index contributed by atoms with van der Waals surface area (Å²) in [5.41, 5.74) is 7.88. The van der Waals surface area contributed by atoms with E-state index in [0.29, 0.717) is 17.0 Å². The van der Waals surface area contributed by atoms with Crippen LogP contribution in [0.4, 0.5) is 0 Å². The van der Waals surface area contributed by atoms with E-state index < -0.39 is 0 Å². The lowest BCUT2D eigenvalue weighted by atomic mass is 10.1. The van der Waals surface area contributed by atoms with E-state index >= 15 is 0 Å². The van der Waals surface area contributed by atoms with Gasteiger partial charge >= 0.3 is 0 Å². The molecule has 21 heavy (non-hydrogen) atoms. The Balaban J connectivity index is 2.82. The first-order valence-electron chi connectivity index (χ1n) is 7.62. The van der Waals surface area contributed by atoms with Crippen LogP contribution < -0.4 is 10.5 Å². The van der Waals surface area contributed by atoms with Crippen LogP contribution in [0.3, 0.4) is 0 Å². The lowest BCUT2D eigenvalue weighted by molar-refractivity contribution is 0.205. The molecule has 1 atom stereocenters. The number of ether oxygens (including phenoxy) is 1. The molecule has 0 amide bonds. The Morgan fingerprint density at radius 2 is 2.10 bits per heavy atom. The van der Waals surface area contributed by atoms with Crippen LogP contribution in [0.2, 0.25) is 0 Å². The van der Waals surface area contributed by atoms with Gasteiger partial charge in [0.2, 0.25) is 0 Å². The van der Waals surface area contributed by atoms with Crippen molar-refractivity contribution in [3.05, 3.63) is 23.0 Å². The van der Waals surface area contributed by atoms with Crippen molar-refractivity contribution in [1.82, 2.24) is 4.98 Å². The number of nitrogens with zero attached hydrogens (tertiary/aromatic N) is 2. The average Bonchev–Trinajstić information content (AvgIpc) is 2.42. The molecular formula is C16H27N3O2. The molecule has 0 aliphatic carbocycles. The van der Waals surface area contributed by atoms with Crippen molar-refractivity contribution in [3.8, 4) is 5.75 Å². The number of aryl methyl sites for hydroxylation is 2. The van der Waals surface area contributed by atoms with Crippen LogP contribution in [-0.4, -0.2) is 22.1 Å². The van der Waals surface area contributed by atoms with Gasteiger partial charge in [0, 0.05) is 11.8 Å². The summed E-state index contributed by atoms with van der Waals surface area (Å²) in [5.74, 6) is 0.673. The highest BCUT2D eigenvalue weighted by Gasteiger charge is 2.16. The zero-order valence-corrected chi connectivity index (χ0v) is 13.5. The van der Waals surface area contributed by atoms with Gasteiger partial charge in [0.05, 0.1) is 17.4 Å². The van der Waals surface area contributed by atoms with Crippen LogP contribution in [0.25, 0.3) is 0 Å². The summed E-state index contributed by atoms with van der Waals surface area (Å²) in [7, 11) is 0. The van der Waals surface area contributed by atoms with Crippen LogP contribution in [0.15, 0.2) is 11.2 Å². The molecule has 5 heteroatoms. The lowest BCUT2D eigenvalue weighted by Gasteiger charge is -2.18. The van der Waals surface area contributed by atoms with Gasteiger partial charge in [-0.1, -0.05) is 31.3 Å². The van der Waals surface area contributed by atoms with Crippen molar-refractivity contribution in [2.45, 2.75) is 65.9 Å². The molecule has 0 bridgehead atoms. The first-order valence-corrected chi connectivity index (χ1v) is 7.62. The van der Waals surface area contributed by atoms with Crippen molar-refractivity contribution < 1.29 is 9.94 Å². The molecular weight excluding hydrogens is 266 g/mol. The number of unbranched alkanes of at least 4 members (excludes halogenated alkanes) is 3.